The van der Waals surface area contributed by atoms with Gasteiger partial charge in [-0.05, 0) is 47.0 Å². The van der Waals surface area contributed by atoms with Gasteiger partial charge in [0.25, 0.3) is 0 Å². The van der Waals surface area contributed by atoms with Crippen molar-refractivity contribution in [3.63, 3.8) is 0 Å². The maximum absolute atomic E-state index is 12.0. The van der Waals surface area contributed by atoms with E-state index in [1.807, 2.05) is 0 Å². The highest BCUT2D eigenvalue weighted by Gasteiger charge is 2.22. The Kier molecular flexibility index (Phi) is 13.2. The van der Waals surface area contributed by atoms with Crippen LogP contribution in [0.1, 0.15) is 98.8 Å². The van der Waals surface area contributed by atoms with Crippen molar-refractivity contribution in [2.45, 2.75) is 110 Å². The Morgan fingerprint density at radius 2 is 1.48 bits per heavy atom. The number of hydrogen-bond acceptors (Lipinski definition) is 3. The molecule has 0 atom stereocenters. The Balaban J connectivity index is 3.68. The van der Waals surface area contributed by atoms with Gasteiger partial charge in [-0.3, -0.25) is 4.79 Å². The van der Waals surface area contributed by atoms with Gasteiger partial charge in [-0.2, -0.15) is 0 Å². The predicted molar refractivity (Wildman–Crippen MR) is 106 cm³/mol. The molecule has 4 heteroatoms. The van der Waals surface area contributed by atoms with Crippen LogP contribution in [0.5, 0.6) is 0 Å². The van der Waals surface area contributed by atoms with Crippen molar-refractivity contribution in [1.82, 2.24) is 5.32 Å². The summed E-state index contributed by atoms with van der Waals surface area (Å²) in [5.41, 5.74) is -0.440. The van der Waals surface area contributed by atoms with E-state index >= 15 is 0 Å². The van der Waals surface area contributed by atoms with Gasteiger partial charge < -0.3 is 14.8 Å². The predicted octanol–water partition coefficient (Wildman–Crippen LogP) is 5.24. The van der Waals surface area contributed by atoms with Crippen LogP contribution < -0.4 is 5.32 Å². The number of carbonyl (C=O) groups excluding carboxylic acids is 1. The topological polar surface area (TPSA) is 47.6 Å². The number of methoxy groups -OCH3 is 1. The molecule has 0 radical (unpaired) electrons. The van der Waals surface area contributed by atoms with Crippen LogP contribution >= 0.6 is 0 Å². The number of nitrogens with one attached hydrogen (secondary N) is 1. The zero-order chi connectivity index (χ0) is 19.2. The SMILES string of the molecule is CCCCCCCCCNC(=O)CCC(C)(C)OCCC(C)(C)OC. The van der Waals surface area contributed by atoms with Crippen LogP contribution in [-0.2, 0) is 14.3 Å². The molecule has 150 valence electrons. The summed E-state index contributed by atoms with van der Waals surface area (Å²) < 4.78 is 11.3. The Morgan fingerprint density at radius 3 is 2.08 bits per heavy atom. The largest absolute Gasteiger partial charge is 0.379 e. The minimum Gasteiger partial charge on any atom is -0.379 e. The first-order chi connectivity index (χ1) is 11.7. The van der Waals surface area contributed by atoms with Gasteiger partial charge >= 0.3 is 0 Å². The van der Waals surface area contributed by atoms with E-state index in [4.69, 9.17) is 9.47 Å². The Morgan fingerprint density at radius 1 is 0.880 bits per heavy atom. The fourth-order valence-corrected chi connectivity index (χ4v) is 2.56. The van der Waals surface area contributed by atoms with Crippen LogP contribution in [0.2, 0.25) is 0 Å². The second-order valence-corrected chi connectivity index (χ2v) is 8.29. The third kappa shape index (κ3) is 15.4. The summed E-state index contributed by atoms with van der Waals surface area (Å²) in [7, 11) is 1.72. The molecule has 0 aliphatic heterocycles. The molecule has 0 saturated carbocycles. The molecular formula is C21H43NO3. The minimum atomic E-state index is -0.277. The molecular weight excluding hydrogens is 314 g/mol. The molecule has 0 aromatic rings. The van der Waals surface area contributed by atoms with Gasteiger partial charge in [-0.15, -0.1) is 0 Å². The molecule has 0 bridgehead atoms. The monoisotopic (exact) mass is 357 g/mol. The van der Waals surface area contributed by atoms with Gasteiger partial charge in [0.1, 0.15) is 0 Å². The number of carbonyl (C=O) groups is 1. The lowest BCUT2D eigenvalue weighted by atomic mass is 10.0. The minimum absolute atomic E-state index is 0.139. The van der Waals surface area contributed by atoms with E-state index < -0.39 is 0 Å². The Bertz CT molecular complexity index is 340. The highest BCUT2D eigenvalue weighted by atomic mass is 16.5. The van der Waals surface area contributed by atoms with Crippen molar-refractivity contribution in [3.8, 4) is 0 Å². The third-order valence-corrected chi connectivity index (χ3v) is 4.81. The molecule has 0 fully saturated rings. The van der Waals surface area contributed by atoms with Crippen molar-refractivity contribution in [1.29, 1.82) is 0 Å². The van der Waals surface area contributed by atoms with Gasteiger partial charge in [-0.25, -0.2) is 0 Å². The molecule has 0 aromatic heterocycles. The van der Waals surface area contributed by atoms with E-state index in [1.165, 1.54) is 38.5 Å². The summed E-state index contributed by atoms with van der Waals surface area (Å²) in [6.45, 7) is 11.9. The fraction of sp³-hybridized carbons (Fsp3) is 0.952. The first-order valence-corrected chi connectivity index (χ1v) is 10.2. The zero-order valence-corrected chi connectivity index (χ0v) is 17.7. The summed E-state index contributed by atoms with van der Waals surface area (Å²) in [4.78, 5) is 12.0. The van der Waals surface area contributed by atoms with Gasteiger partial charge in [-0.1, -0.05) is 45.4 Å². The average molecular weight is 358 g/mol. The number of amides is 1. The number of unbranched alkanes of at least 4 members (excludes halogenated alkanes) is 6. The lowest BCUT2D eigenvalue weighted by Crippen LogP contribution is -2.32. The van der Waals surface area contributed by atoms with Crippen molar-refractivity contribution in [3.05, 3.63) is 0 Å². The maximum atomic E-state index is 12.0. The van der Waals surface area contributed by atoms with Crippen LogP contribution in [0.25, 0.3) is 0 Å². The quantitative estimate of drug-likeness (QED) is 0.384. The molecule has 0 aromatic carbocycles. The zero-order valence-electron chi connectivity index (χ0n) is 17.7. The first-order valence-electron chi connectivity index (χ1n) is 10.2. The summed E-state index contributed by atoms with van der Waals surface area (Å²) in [6, 6.07) is 0. The second-order valence-electron chi connectivity index (χ2n) is 8.29. The molecule has 1 N–H and O–H groups in total. The van der Waals surface area contributed by atoms with Crippen LogP contribution in [0.4, 0.5) is 0 Å². The van der Waals surface area contributed by atoms with E-state index in [0.717, 1.165) is 25.8 Å². The molecule has 4 nitrogen and oxygen atoms in total. The summed E-state index contributed by atoms with van der Waals surface area (Å²) in [6.07, 6.45) is 11.0. The standard InChI is InChI=1S/C21H43NO3/c1-7-8-9-10-11-12-13-17-22-19(23)14-15-21(4,5)25-18-16-20(2,3)24-6/h7-18H2,1-6H3,(H,22,23). The van der Waals surface area contributed by atoms with Crippen molar-refractivity contribution < 1.29 is 14.3 Å². The normalized spacial score (nSPS) is 12.4. The molecule has 0 aliphatic carbocycles. The van der Waals surface area contributed by atoms with E-state index in [0.29, 0.717) is 13.0 Å². The molecule has 0 rings (SSSR count). The Hall–Kier alpha value is -0.610. The molecule has 0 spiro atoms. The molecule has 0 heterocycles. The van der Waals surface area contributed by atoms with E-state index in [2.05, 4.69) is 39.9 Å². The summed E-state index contributed by atoms with van der Waals surface area (Å²) >= 11 is 0. The average Bonchev–Trinajstić information content (AvgIpc) is 2.55. The van der Waals surface area contributed by atoms with Crippen molar-refractivity contribution in [2.24, 2.45) is 0 Å². The Labute approximate surface area is 156 Å². The van der Waals surface area contributed by atoms with Crippen LogP contribution in [-0.4, -0.2) is 37.4 Å². The van der Waals surface area contributed by atoms with Gasteiger partial charge in [0.15, 0.2) is 0 Å². The van der Waals surface area contributed by atoms with E-state index in [9.17, 15) is 4.79 Å². The number of rotatable bonds is 16. The number of hydrogen-bond donors (Lipinski definition) is 1. The summed E-state index contributed by atoms with van der Waals surface area (Å²) in [5, 5.41) is 3.03. The fourth-order valence-electron chi connectivity index (χ4n) is 2.56. The highest BCUT2D eigenvalue weighted by Crippen LogP contribution is 2.20. The molecule has 0 aliphatic rings. The molecule has 1 amide bonds. The molecule has 0 saturated heterocycles. The molecule has 0 unspecified atom stereocenters. The van der Waals surface area contributed by atoms with Gasteiger partial charge in [0.05, 0.1) is 17.8 Å². The first kappa shape index (κ1) is 24.4. The van der Waals surface area contributed by atoms with Crippen molar-refractivity contribution >= 4 is 5.91 Å². The lowest BCUT2D eigenvalue weighted by Gasteiger charge is -2.28. The third-order valence-electron chi connectivity index (χ3n) is 4.81. The van der Waals surface area contributed by atoms with Gasteiger partial charge in [0.2, 0.25) is 5.91 Å². The second kappa shape index (κ2) is 13.6. The van der Waals surface area contributed by atoms with E-state index in [-0.39, 0.29) is 17.1 Å². The maximum Gasteiger partial charge on any atom is 0.220 e. The van der Waals surface area contributed by atoms with Gasteiger partial charge in [0, 0.05) is 20.1 Å². The number of ether oxygens (including phenoxy) is 2. The highest BCUT2D eigenvalue weighted by molar-refractivity contribution is 5.75. The van der Waals surface area contributed by atoms with E-state index in [1.54, 1.807) is 7.11 Å². The smallest absolute Gasteiger partial charge is 0.220 e. The van der Waals surface area contributed by atoms with Crippen LogP contribution in [0.15, 0.2) is 0 Å². The summed E-state index contributed by atoms with van der Waals surface area (Å²) in [5.74, 6) is 0.139. The van der Waals surface area contributed by atoms with Crippen LogP contribution in [0, 0.1) is 0 Å². The molecule has 25 heavy (non-hydrogen) atoms. The van der Waals surface area contributed by atoms with Crippen LogP contribution in [0.3, 0.4) is 0 Å². The lowest BCUT2D eigenvalue weighted by molar-refractivity contribution is -0.123. The van der Waals surface area contributed by atoms with Crippen molar-refractivity contribution in [2.75, 3.05) is 20.3 Å².